The molecule has 1 aliphatic carbocycles. The lowest BCUT2D eigenvalue weighted by Crippen LogP contribution is -2.15. The third-order valence-corrected chi connectivity index (χ3v) is 8.74. The van der Waals surface area contributed by atoms with Crippen molar-refractivity contribution in [3.8, 4) is 11.8 Å². The molecule has 0 saturated heterocycles. The SMILES string of the molecule is CCn1c(COc2ccc(C(C)(C)C)cc2)nnc1SCC(=O)Nc1sc2c(c1C#N)CCCCCC2. The maximum atomic E-state index is 12.8. The van der Waals surface area contributed by atoms with Crippen LogP contribution in [0.2, 0.25) is 0 Å². The summed E-state index contributed by atoms with van der Waals surface area (Å²) in [7, 11) is 0. The number of thioether (sulfide) groups is 1. The highest BCUT2D eigenvalue weighted by Crippen LogP contribution is 2.36. The smallest absolute Gasteiger partial charge is 0.235 e. The van der Waals surface area contributed by atoms with E-state index < -0.39 is 0 Å². The highest BCUT2D eigenvalue weighted by atomic mass is 32.2. The zero-order valence-corrected chi connectivity index (χ0v) is 23.7. The van der Waals surface area contributed by atoms with Gasteiger partial charge in [-0.25, -0.2) is 0 Å². The number of anilines is 1. The molecule has 2 aromatic heterocycles. The van der Waals surface area contributed by atoms with Crippen LogP contribution in [-0.2, 0) is 36.2 Å². The molecule has 7 nitrogen and oxygen atoms in total. The minimum Gasteiger partial charge on any atom is -0.486 e. The van der Waals surface area contributed by atoms with Gasteiger partial charge in [0.05, 0.1) is 11.3 Å². The van der Waals surface area contributed by atoms with Crippen LogP contribution >= 0.6 is 23.1 Å². The number of amides is 1. The lowest BCUT2D eigenvalue weighted by molar-refractivity contribution is -0.113. The molecule has 1 aliphatic rings. The summed E-state index contributed by atoms with van der Waals surface area (Å²) in [4.78, 5) is 14.1. The average molecular weight is 538 g/mol. The molecule has 1 amide bonds. The number of fused-ring (bicyclic) bond motifs is 1. The number of rotatable bonds is 8. The number of hydrogen-bond donors (Lipinski definition) is 1. The van der Waals surface area contributed by atoms with Crippen molar-refractivity contribution in [2.75, 3.05) is 11.1 Å². The first-order valence-electron chi connectivity index (χ1n) is 12.9. The molecule has 9 heteroatoms. The molecule has 0 unspecified atom stereocenters. The monoisotopic (exact) mass is 537 g/mol. The van der Waals surface area contributed by atoms with E-state index in [-0.39, 0.29) is 17.1 Å². The third-order valence-electron chi connectivity index (χ3n) is 6.57. The normalized spacial score (nSPS) is 13.8. The van der Waals surface area contributed by atoms with Gasteiger partial charge in [0.1, 0.15) is 23.4 Å². The Morgan fingerprint density at radius 3 is 2.57 bits per heavy atom. The van der Waals surface area contributed by atoms with E-state index in [0.29, 0.717) is 28.9 Å². The van der Waals surface area contributed by atoms with Crippen LogP contribution in [0.15, 0.2) is 29.4 Å². The van der Waals surface area contributed by atoms with Crippen molar-refractivity contribution < 1.29 is 9.53 Å². The molecule has 0 bridgehead atoms. The highest BCUT2D eigenvalue weighted by Gasteiger charge is 2.21. The number of nitrogens with zero attached hydrogens (tertiary/aromatic N) is 4. The van der Waals surface area contributed by atoms with E-state index in [9.17, 15) is 10.1 Å². The predicted molar refractivity (Wildman–Crippen MR) is 149 cm³/mol. The minimum absolute atomic E-state index is 0.0944. The van der Waals surface area contributed by atoms with Gasteiger partial charge in [-0.05, 0) is 61.3 Å². The van der Waals surface area contributed by atoms with Crippen LogP contribution in [0.4, 0.5) is 5.00 Å². The van der Waals surface area contributed by atoms with Crippen molar-refractivity contribution in [1.29, 1.82) is 5.26 Å². The predicted octanol–water partition coefficient (Wildman–Crippen LogP) is 6.50. The molecule has 3 aromatic rings. The number of benzene rings is 1. The standard InChI is InChI=1S/C28H35N5O2S2/c1-5-33-24(17-35-20-14-12-19(13-15-20)28(2,3)4)31-32-27(33)36-18-25(34)30-26-22(16-29)21-10-8-6-7-9-11-23(21)37-26/h12-15H,5-11,17-18H2,1-4H3,(H,30,34). The summed E-state index contributed by atoms with van der Waals surface area (Å²) in [6.45, 7) is 9.55. The minimum atomic E-state index is -0.141. The van der Waals surface area contributed by atoms with Crippen LogP contribution in [0.3, 0.4) is 0 Å². The van der Waals surface area contributed by atoms with Crippen LogP contribution < -0.4 is 10.1 Å². The fourth-order valence-corrected chi connectivity index (χ4v) is 6.54. The van der Waals surface area contributed by atoms with Crippen LogP contribution in [0.1, 0.15) is 80.8 Å². The number of thiophene rings is 1. The molecule has 0 saturated carbocycles. The largest absolute Gasteiger partial charge is 0.486 e. The van der Waals surface area contributed by atoms with Crippen molar-refractivity contribution >= 4 is 34.0 Å². The first kappa shape index (κ1) is 27.2. The number of nitrogens with one attached hydrogen (secondary N) is 1. The number of carbonyl (C=O) groups excluding carboxylic acids is 1. The van der Waals surface area contributed by atoms with Crippen LogP contribution in [0, 0.1) is 11.3 Å². The Hall–Kier alpha value is -2.83. The van der Waals surface area contributed by atoms with Gasteiger partial charge >= 0.3 is 0 Å². The molecule has 0 aliphatic heterocycles. The van der Waals surface area contributed by atoms with Crippen LogP contribution in [0.5, 0.6) is 5.75 Å². The Kier molecular flexibility index (Phi) is 8.93. The van der Waals surface area contributed by atoms with Gasteiger partial charge in [0, 0.05) is 11.4 Å². The Morgan fingerprint density at radius 1 is 1.16 bits per heavy atom. The molecule has 2 heterocycles. The van der Waals surface area contributed by atoms with Crippen LogP contribution in [0.25, 0.3) is 0 Å². The molecule has 37 heavy (non-hydrogen) atoms. The van der Waals surface area contributed by atoms with Gasteiger partial charge in [-0.2, -0.15) is 5.26 Å². The Bertz CT molecular complexity index is 1270. The molecular weight excluding hydrogens is 502 g/mol. The zero-order chi connectivity index (χ0) is 26.4. The van der Waals surface area contributed by atoms with Crippen LogP contribution in [-0.4, -0.2) is 26.4 Å². The van der Waals surface area contributed by atoms with Gasteiger partial charge in [0.25, 0.3) is 0 Å². The summed E-state index contributed by atoms with van der Waals surface area (Å²) in [6.07, 6.45) is 6.58. The lowest BCUT2D eigenvalue weighted by Gasteiger charge is -2.19. The van der Waals surface area contributed by atoms with Crippen molar-refractivity contribution in [1.82, 2.24) is 14.8 Å². The van der Waals surface area contributed by atoms with Gasteiger partial charge < -0.3 is 14.6 Å². The molecule has 4 rings (SSSR count). The van der Waals surface area contributed by atoms with E-state index in [1.165, 1.54) is 35.0 Å². The Morgan fingerprint density at radius 2 is 1.89 bits per heavy atom. The second-order valence-corrected chi connectivity index (χ2v) is 12.3. The maximum absolute atomic E-state index is 12.8. The molecule has 196 valence electrons. The van der Waals surface area contributed by atoms with E-state index in [4.69, 9.17) is 4.74 Å². The fourth-order valence-electron chi connectivity index (χ4n) is 4.47. The fraction of sp³-hybridized carbons (Fsp3) is 0.500. The van der Waals surface area contributed by atoms with Gasteiger partial charge in [-0.1, -0.05) is 57.5 Å². The van der Waals surface area contributed by atoms with Crippen molar-refractivity contribution in [3.05, 3.63) is 51.7 Å². The molecular formula is C28H35N5O2S2. The number of hydrogen-bond acceptors (Lipinski definition) is 7. The highest BCUT2D eigenvalue weighted by molar-refractivity contribution is 7.99. The topological polar surface area (TPSA) is 92.8 Å². The van der Waals surface area contributed by atoms with Gasteiger partial charge in [0.15, 0.2) is 11.0 Å². The van der Waals surface area contributed by atoms with Crippen molar-refractivity contribution in [3.63, 3.8) is 0 Å². The molecule has 0 spiro atoms. The summed E-state index contributed by atoms with van der Waals surface area (Å²) in [5.74, 6) is 1.56. The summed E-state index contributed by atoms with van der Waals surface area (Å²) in [6, 6.07) is 10.5. The average Bonchev–Trinajstić information content (AvgIpc) is 3.40. The summed E-state index contributed by atoms with van der Waals surface area (Å²) in [5.41, 5.74) is 3.13. The second kappa shape index (κ2) is 12.1. The molecule has 1 aromatic carbocycles. The Labute approximate surface area is 227 Å². The van der Waals surface area contributed by atoms with Gasteiger partial charge in [0.2, 0.25) is 5.91 Å². The number of ether oxygens (including phenoxy) is 1. The van der Waals surface area contributed by atoms with Gasteiger partial charge in [-0.15, -0.1) is 21.5 Å². The van der Waals surface area contributed by atoms with E-state index in [0.717, 1.165) is 42.8 Å². The molecule has 0 radical (unpaired) electrons. The zero-order valence-electron chi connectivity index (χ0n) is 22.1. The lowest BCUT2D eigenvalue weighted by atomic mass is 9.87. The number of nitriles is 1. The van der Waals surface area contributed by atoms with E-state index >= 15 is 0 Å². The van der Waals surface area contributed by atoms with Crippen molar-refractivity contribution in [2.45, 2.75) is 89.9 Å². The Balaban J connectivity index is 1.36. The quantitative estimate of drug-likeness (QED) is 0.330. The third kappa shape index (κ3) is 6.74. The second-order valence-electron chi connectivity index (χ2n) is 10.3. The first-order chi connectivity index (χ1) is 17.8. The summed E-state index contributed by atoms with van der Waals surface area (Å²) < 4.78 is 7.93. The molecule has 1 N–H and O–H groups in total. The number of carbonyl (C=O) groups is 1. The maximum Gasteiger partial charge on any atom is 0.235 e. The summed E-state index contributed by atoms with van der Waals surface area (Å²) >= 11 is 2.91. The number of aryl methyl sites for hydroxylation is 1. The van der Waals surface area contributed by atoms with E-state index in [1.54, 1.807) is 11.3 Å². The number of aromatic nitrogens is 3. The summed E-state index contributed by atoms with van der Waals surface area (Å²) in [5, 5.41) is 22.7. The molecule has 0 fully saturated rings. The van der Waals surface area contributed by atoms with Crippen molar-refractivity contribution in [2.24, 2.45) is 0 Å². The van der Waals surface area contributed by atoms with E-state index in [2.05, 4.69) is 54.5 Å². The van der Waals surface area contributed by atoms with E-state index in [1.807, 2.05) is 23.6 Å². The first-order valence-corrected chi connectivity index (χ1v) is 14.7. The van der Waals surface area contributed by atoms with Gasteiger partial charge in [-0.3, -0.25) is 4.79 Å². The molecule has 0 atom stereocenters.